The highest BCUT2D eigenvalue weighted by Gasteiger charge is 2.63. The number of halogens is 1. The minimum Gasteiger partial charge on any atom is -0.479 e. The Kier molecular flexibility index (Phi) is 3.01. The first kappa shape index (κ1) is 14.7. The molecule has 122 valence electrons. The van der Waals surface area contributed by atoms with Gasteiger partial charge in [-0.05, 0) is 25.1 Å². The third-order valence-corrected chi connectivity index (χ3v) is 7.20. The molecule has 4 unspecified atom stereocenters. The van der Waals surface area contributed by atoms with Crippen LogP contribution >= 0.6 is 23.4 Å². The van der Waals surface area contributed by atoms with Crippen molar-refractivity contribution in [2.24, 2.45) is 0 Å². The van der Waals surface area contributed by atoms with Gasteiger partial charge in [-0.2, -0.15) is 0 Å². The van der Waals surface area contributed by atoms with Crippen molar-refractivity contribution >= 4 is 29.8 Å². The van der Waals surface area contributed by atoms with E-state index in [1.807, 2.05) is 40.9 Å². The fourth-order valence-electron chi connectivity index (χ4n) is 4.61. The Morgan fingerprint density at radius 1 is 1.33 bits per heavy atom. The van der Waals surface area contributed by atoms with Crippen molar-refractivity contribution in [2.75, 3.05) is 6.54 Å². The number of ether oxygens (including phenoxy) is 1. The second-order valence-corrected chi connectivity index (χ2v) is 8.40. The lowest BCUT2D eigenvalue weighted by Crippen LogP contribution is -2.63. The van der Waals surface area contributed by atoms with Gasteiger partial charge in [0.15, 0.2) is 5.60 Å². The first-order valence-corrected chi connectivity index (χ1v) is 9.36. The Morgan fingerprint density at radius 3 is 3.00 bits per heavy atom. The molecule has 4 atom stereocenters. The van der Waals surface area contributed by atoms with Crippen LogP contribution in [0, 0.1) is 0 Å². The molecule has 3 aliphatic rings. The number of fused-ring (bicyclic) bond motifs is 2. The fraction of sp³-hybridized carbons (Fsp3) is 0.316. The number of piperidine rings is 1. The molecule has 2 bridgehead atoms. The summed E-state index contributed by atoms with van der Waals surface area (Å²) in [5.41, 5.74) is 1.87. The van der Waals surface area contributed by atoms with E-state index in [2.05, 4.69) is 25.1 Å². The van der Waals surface area contributed by atoms with Crippen LogP contribution in [0.3, 0.4) is 0 Å². The Hall–Kier alpha value is -1.65. The summed E-state index contributed by atoms with van der Waals surface area (Å²) in [6, 6.07) is 14.3. The lowest BCUT2D eigenvalue weighted by molar-refractivity contribution is -0.130. The highest BCUT2D eigenvalue weighted by molar-refractivity contribution is 8.00. The van der Waals surface area contributed by atoms with Gasteiger partial charge < -0.3 is 9.64 Å². The molecule has 0 aromatic heterocycles. The normalized spacial score (nSPS) is 32.4. The monoisotopic (exact) mass is 357 g/mol. The molecule has 24 heavy (non-hydrogen) atoms. The van der Waals surface area contributed by atoms with Crippen LogP contribution in [0.25, 0.3) is 0 Å². The number of rotatable bonds is 1. The molecule has 3 aliphatic heterocycles. The summed E-state index contributed by atoms with van der Waals surface area (Å²) in [6.07, 6.45) is 0.962. The molecule has 0 spiro atoms. The number of hydrogen-bond donors (Lipinski definition) is 0. The maximum Gasteiger partial charge on any atom is 0.210 e. The van der Waals surface area contributed by atoms with Crippen LogP contribution in [0.5, 0.6) is 5.75 Å². The maximum absolute atomic E-state index is 11.7. The van der Waals surface area contributed by atoms with E-state index >= 15 is 0 Å². The first-order chi connectivity index (χ1) is 11.6. The highest BCUT2D eigenvalue weighted by Crippen LogP contribution is 2.64. The number of carbonyl (C=O) groups excluding carboxylic acids is 1. The Morgan fingerprint density at radius 2 is 2.17 bits per heavy atom. The molecule has 2 aromatic carbocycles. The van der Waals surface area contributed by atoms with E-state index in [1.165, 1.54) is 10.5 Å². The smallest absolute Gasteiger partial charge is 0.210 e. The number of amides is 1. The number of benzene rings is 2. The van der Waals surface area contributed by atoms with E-state index < -0.39 is 5.60 Å². The number of para-hydroxylation sites is 1. The number of thioether (sulfide) groups is 1. The molecule has 3 nitrogen and oxygen atoms in total. The summed E-state index contributed by atoms with van der Waals surface area (Å²) in [5, 5.41) is 1.01. The number of nitrogens with zero attached hydrogens (tertiary/aromatic N) is 1. The number of likely N-dealkylation sites (tertiary alicyclic amines) is 1. The molecule has 2 aromatic rings. The lowest BCUT2D eigenvalue weighted by atomic mass is 9.69. The minimum atomic E-state index is -0.529. The lowest BCUT2D eigenvalue weighted by Gasteiger charge is -2.54. The molecule has 3 heterocycles. The topological polar surface area (TPSA) is 29.5 Å². The van der Waals surface area contributed by atoms with Gasteiger partial charge in [-0.1, -0.05) is 35.9 Å². The highest BCUT2D eigenvalue weighted by atomic mass is 35.5. The molecule has 5 heteroatoms. The van der Waals surface area contributed by atoms with Crippen molar-refractivity contribution in [3.63, 3.8) is 0 Å². The second kappa shape index (κ2) is 4.93. The van der Waals surface area contributed by atoms with Crippen molar-refractivity contribution in [3.8, 4) is 5.75 Å². The predicted molar refractivity (Wildman–Crippen MR) is 94.8 cm³/mol. The second-order valence-electron chi connectivity index (χ2n) is 6.69. The molecule has 5 rings (SSSR count). The van der Waals surface area contributed by atoms with Crippen LogP contribution in [0.2, 0.25) is 5.02 Å². The largest absolute Gasteiger partial charge is 0.479 e. The molecule has 0 radical (unpaired) electrons. The van der Waals surface area contributed by atoms with Crippen molar-refractivity contribution in [1.29, 1.82) is 0 Å². The van der Waals surface area contributed by atoms with Crippen molar-refractivity contribution in [1.82, 2.24) is 4.90 Å². The van der Waals surface area contributed by atoms with E-state index in [1.54, 1.807) is 0 Å². The third-order valence-electron chi connectivity index (χ3n) is 5.65. The van der Waals surface area contributed by atoms with Gasteiger partial charge in [0.05, 0.1) is 6.04 Å². The summed E-state index contributed by atoms with van der Waals surface area (Å²) in [7, 11) is 0. The van der Waals surface area contributed by atoms with Crippen molar-refractivity contribution in [3.05, 3.63) is 58.6 Å². The zero-order chi connectivity index (χ0) is 16.5. The SMILES string of the molecule is CC1N(C=O)CC2Sc3cc(Cl)ccc3C13Oc1ccccc1C23. The zero-order valence-electron chi connectivity index (χ0n) is 13.1. The van der Waals surface area contributed by atoms with Crippen molar-refractivity contribution in [2.45, 2.75) is 34.6 Å². The van der Waals surface area contributed by atoms with Crippen LogP contribution in [-0.2, 0) is 10.4 Å². The molecule has 1 saturated heterocycles. The molecule has 0 aliphatic carbocycles. The van der Waals surface area contributed by atoms with Gasteiger partial charge in [0.1, 0.15) is 5.75 Å². The molecule has 1 amide bonds. The third kappa shape index (κ3) is 1.68. The molecular weight excluding hydrogens is 342 g/mol. The average molecular weight is 358 g/mol. The Labute approximate surface area is 149 Å². The standard InChI is InChI=1S/C19H16ClNO2S/c1-11-19-14-7-6-12(20)8-16(14)24-17(9-21(11)10-22)18(19)13-4-2-3-5-15(13)23-19/h2-8,10-11,17-18H,9H2,1H3. The van der Waals surface area contributed by atoms with Crippen molar-refractivity contribution < 1.29 is 9.53 Å². The van der Waals surface area contributed by atoms with E-state index in [-0.39, 0.29) is 17.2 Å². The Balaban J connectivity index is 1.80. The van der Waals surface area contributed by atoms with Crippen LogP contribution in [-0.4, -0.2) is 29.1 Å². The summed E-state index contributed by atoms with van der Waals surface area (Å²) >= 11 is 8.05. The first-order valence-electron chi connectivity index (χ1n) is 8.11. The van der Waals surface area contributed by atoms with Crippen LogP contribution in [0.1, 0.15) is 24.0 Å². The number of hydrogen-bond acceptors (Lipinski definition) is 3. The summed E-state index contributed by atoms with van der Waals surface area (Å²) in [5.74, 6) is 1.19. The van der Waals surface area contributed by atoms with Crippen LogP contribution < -0.4 is 4.74 Å². The van der Waals surface area contributed by atoms with Gasteiger partial charge in [0.25, 0.3) is 0 Å². The van der Waals surface area contributed by atoms with E-state index in [0.717, 1.165) is 29.3 Å². The van der Waals surface area contributed by atoms with E-state index in [9.17, 15) is 4.79 Å². The molecular formula is C19H16ClNO2S. The summed E-state index contributed by atoms with van der Waals surface area (Å²) < 4.78 is 6.62. The van der Waals surface area contributed by atoms with Gasteiger partial charge in [0.2, 0.25) is 6.41 Å². The van der Waals surface area contributed by atoms with E-state index in [4.69, 9.17) is 16.3 Å². The van der Waals surface area contributed by atoms with Gasteiger partial charge in [0, 0.05) is 38.8 Å². The van der Waals surface area contributed by atoms with Gasteiger partial charge in [-0.3, -0.25) is 4.79 Å². The number of carbonyl (C=O) groups is 1. The molecule has 1 fully saturated rings. The Bertz CT molecular complexity index is 857. The maximum atomic E-state index is 11.7. The fourth-order valence-corrected chi connectivity index (χ4v) is 6.46. The van der Waals surface area contributed by atoms with Gasteiger partial charge >= 0.3 is 0 Å². The van der Waals surface area contributed by atoms with Gasteiger partial charge in [-0.15, -0.1) is 11.8 Å². The van der Waals surface area contributed by atoms with Crippen LogP contribution in [0.4, 0.5) is 0 Å². The zero-order valence-corrected chi connectivity index (χ0v) is 14.7. The summed E-state index contributed by atoms with van der Waals surface area (Å²) in [4.78, 5) is 14.7. The summed E-state index contributed by atoms with van der Waals surface area (Å²) in [6.45, 7) is 2.82. The quantitative estimate of drug-likeness (QED) is 0.721. The predicted octanol–water partition coefficient (Wildman–Crippen LogP) is 4.05. The molecule has 0 saturated carbocycles. The van der Waals surface area contributed by atoms with E-state index in [0.29, 0.717) is 0 Å². The minimum absolute atomic E-state index is 0.0375. The van der Waals surface area contributed by atoms with Crippen LogP contribution in [0.15, 0.2) is 47.4 Å². The average Bonchev–Trinajstić information content (AvgIpc) is 2.95. The molecule has 0 N–H and O–H groups in total. The van der Waals surface area contributed by atoms with Gasteiger partial charge in [-0.25, -0.2) is 0 Å².